The van der Waals surface area contributed by atoms with Crippen LogP contribution in [-0.2, 0) is 22.7 Å². The maximum absolute atomic E-state index is 14.2. The molecule has 0 spiro atoms. The number of halogens is 8. The molecule has 0 saturated carbocycles. The Morgan fingerprint density at radius 2 is 0.977 bits per heavy atom. The van der Waals surface area contributed by atoms with Gasteiger partial charge in [0.05, 0.1) is 22.3 Å². The summed E-state index contributed by atoms with van der Waals surface area (Å²) < 4.78 is 122. The normalized spacial score (nSPS) is 11.5. The topological polar surface area (TPSA) is 52.6 Å². The van der Waals surface area contributed by atoms with E-state index in [1.54, 1.807) is 36.4 Å². The number of rotatable bonds is 6. The average molecular weight is 614 g/mol. The van der Waals surface area contributed by atoms with Crippen LogP contribution in [0.5, 0.6) is 0 Å². The highest BCUT2D eigenvalue weighted by molar-refractivity contribution is 6.28. The van der Waals surface area contributed by atoms with Gasteiger partial charge in [0.1, 0.15) is 13.2 Å². The number of esters is 2. The first kappa shape index (κ1) is 28.8. The smallest absolute Gasteiger partial charge is 0.339 e. The molecule has 0 atom stereocenters. The molecule has 0 radical (unpaired) electrons. The molecule has 0 unspecified atom stereocenters. The van der Waals surface area contributed by atoms with Gasteiger partial charge in [0.15, 0.2) is 46.5 Å². The van der Waals surface area contributed by atoms with E-state index in [1.165, 1.54) is 12.1 Å². The van der Waals surface area contributed by atoms with E-state index in [0.717, 1.165) is 10.8 Å². The van der Waals surface area contributed by atoms with Crippen LogP contribution in [0.15, 0.2) is 60.7 Å². The van der Waals surface area contributed by atoms with Crippen molar-refractivity contribution in [1.29, 1.82) is 0 Å². The minimum atomic E-state index is -1.81. The third kappa shape index (κ3) is 4.62. The fraction of sp³-hybridized carbons (Fsp3) is 0.0625. The lowest BCUT2D eigenvalue weighted by Crippen LogP contribution is -2.17. The zero-order valence-corrected chi connectivity index (χ0v) is 21.8. The van der Waals surface area contributed by atoms with E-state index in [2.05, 4.69) is 0 Å². The van der Waals surface area contributed by atoms with Crippen LogP contribution < -0.4 is 0 Å². The molecule has 222 valence electrons. The molecule has 0 aromatic heterocycles. The first-order valence-corrected chi connectivity index (χ1v) is 12.7. The molecule has 0 fully saturated rings. The van der Waals surface area contributed by atoms with Gasteiger partial charge in [-0.05, 0) is 38.4 Å². The molecule has 0 bridgehead atoms. The molecule has 6 rings (SSSR count). The van der Waals surface area contributed by atoms with Crippen molar-refractivity contribution in [2.45, 2.75) is 13.2 Å². The second kappa shape index (κ2) is 10.8. The quantitative estimate of drug-likeness (QED) is 0.0819. The van der Waals surface area contributed by atoms with Gasteiger partial charge >= 0.3 is 11.9 Å². The molecule has 6 aromatic rings. The van der Waals surface area contributed by atoms with E-state index in [-0.39, 0.29) is 17.5 Å². The van der Waals surface area contributed by atoms with Crippen molar-refractivity contribution in [2.75, 3.05) is 0 Å². The van der Waals surface area contributed by atoms with Gasteiger partial charge in [0, 0.05) is 12.1 Å². The summed E-state index contributed by atoms with van der Waals surface area (Å²) in [6.45, 7) is -2.58. The highest BCUT2D eigenvalue weighted by atomic mass is 19.2. The van der Waals surface area contributed by atoms with Crippen LogP contribution in [0, 0.1) is 46.5 Å². The molecule has 0 aliphatic heterocycles. The second-order valence-corrected chi connectivity index (χ2v) is 9.70. The van der Waals surface area contributed by atoms with Gasteiger partial charge in [-0.2, -0.15) is 0 Å². The van der Waals surface area contributed by atoms with Crippen LogP contribution in [0.2, 0.25) is 0 Å². The Hall–Kier alpha value is -5.26. The first-order valence-electron chi connectivity index (χ1n) is 12.7. The highest BCUT2D eigenvalue weighted by Crippen LogP contribution is 2.38. The van der Waals surface area contributed by atoms with Crippen LogP contribution >= 0.6 is 0 Å². The molecule has 0 heterocycles. The highest BCUT2D eigenvalue weighted by Gasteiger charge is 2.28. The van der Waals surface area contributed by atoms with Crippen LogP contribution in [0.25, 0.3) is 32.3 Å². The maximum atomic E-state index is 14.2. The number of carbonyl (C=O) groups excluding carboxylic acids is 2. The standard InChI is InChI=1S/C32H14F8O4/c33-20-9-21(34)28(38)18(27(20)37)11-43-31(41)17-8-15-5-4-13-2-1-3-14-6-7-16(25(15)24(13)14)26(17)32(42)44-12-19-29(39)22(35)10-23(36)30(19)40/h1-10H,11-12H2. The lowest BCUT2D eigenvalue weighted by molar-refractivity contribution is 0.0417. The SMILES string of the molecule is O=C(OCc1c(F)c(F)cc(F)c1F)c1cc2ccc3cccc4ccc(c1C(=O)OCc1c(F)c(F)cc(F)c1F)c2c34. The Labute approximate surface area is 241 Å². The summed E-state index contributed by atoms with van der Waals surface area (Å²) in [5.74, 6) is -17.0. The number of carbonyl (C=O) groups is 2. The molecule has 0 aliphatic carbocycles. The monoisotopic (exact) mass is 614 g/mol. The van der Waals surface area contributed by atoms with E-state index in [4.69, 9.17) is 9.47 Å². The minimum absolute atomic E-state index is 0.0266. The Balaban J connectivity index is 1.47. The van der Waals surface area contributed by atoms with Crippen molar-refractivity contribution in [3.05, 3.63) is 129 Å². The molecule has 0 aliphatic rings. The number of hydrogen-bond acceptors (Lipinski definition) is 4. The summed E-state index contributed by atoms with van der Waals surface area (Å²) in [5, 5.41) is 3.10. The predicted molar refractivity (Wildman–Crippen MR) is 141 cm³/mol. The van der Waals surface area contributed by atoms with Gasteiger partial charge in [-0.1, -0.05) is 42.5 Å². The van der Waals surface area contributed by atoms with Gasteiger partial charge in [0.2, 0.25) is 0 Å². The summed E-state index contributed by atoms with van der Waals surface area (Å²) in [4.78, 5) is 26.8. The van der Waals surface area contributed by atoms with Crippen molar-refractivity contribution in [1.82, 2.24) is 0 Å². The van der Waals surface area contributed by atoms with E-state index < -0.39 is 93.9 Å². The zero-order valence-electron chi connectivity index (χ0n) is 21.8. The molecule has 0 saturated heterocycles. The molecular formula is C32H14F8O4. The Morgan fingerprint density at radius 1 is 0.523 bits per heavy atom. The van der Waals surface area contributed by atoms with Crippen LogP contribution in [-0.4, -0.2) is 11.9 Å². The molecule has 6 aromatic carbocycles. The predicted octanol–water partition coefficient (Wildman–Crippen LogP) is 8.41. The van der Waals surface area contributed by atoms with Gasteiger partial charge in [-0.15, -0.1) is 0 Å². The number of hydrogen-bond donors (Lipinski definition) is 0. The number of benzene rings is 6. The van der Waals surface area contributed by atoms with Crippen LogP contribution in [0.4, 0.5) is 35.1 Å². The van der Waals surface area contributed by atoms with Gasteiger partial charge in [-0.3, -0.25) is 0 Å². The Kier molecular flexibility index (Phi) is 7.07. The van der Waals surface area contributed by atoms with Crippen molar-refractivity contribution in [3.8, 4) is 0 Å². The third-order valence-electron chi connectivity index (χ3n) is 7.17. The molecular weight excluding hydrogens is 600 g/mol. The van der Waals surface area contributed by atoms with Gasteiger partial charge in [-0.25, -0.2) is 44.7 Å². The lowest BCUT2D eigenvalue weighted by atomic mass is 9.89. The zero-order chi connectivity index (χ0) is 31.4. The summed E-state index contributed by atoms with van der Waals surface area (Å²) in [5.41, 5.74) is -3.55. The first-order chi connectivity index (χ1) is 21.0. The summed E-state index contributed by atoms with van der Waals surface area (Å²) in [7, 11) is 0. The van der Waals surface area contributed by atoms with Gasteiger partial charge in [0.25, 0.3) is 0 Å². The maximum Gasteiger partial charge on any atom is 0.339 e. The molecule has 0 amide bonds. The van der Waals surface area contributed by atoms with Crippen molar-refractivity contribution in [3.63, 3.8) is 0 Å². The summed E-state index contributed by atoms with van der Waals surface area (Å²) in [6, 6.07) is 12.9. The van der Waals surface area contributed by atoms with E-state index in [1.807, 2.05) is 0 Å². The van der Waals surface area contributed by atoms with Crippen molar-refractivity contribution in [2.24, 2.45) is 0 Å². The molecule has 4 nitrogen and oxygen atoms in total. The fourth-order valence-corrected chi connectivity index (χ4v) is 5.12. The van der Waals surface area contributed by atoms with Gasteiger partial charge < -0.3 is 9.47 Å². The average Bonchev–Trinajstić information content (AvgIpc) is 3.01. The fourth-order valence-electron chi connectivity index (χ4n) is 5.12. The molecule has 44 heavy (non-hydrogen) atoms. The summed E-state index contributed by atoms with van der Waals surface area (Å²) in [6.07, 6.45) is 0. The molecule has 0 N–H and O–H groups in total. The largest absolute Gasteiger partial charge is 0.457 e. The number of ether oxygens (including phenoxy) is 2. The summed E-state index contributed by atoms with van der Waals surface area (Å²) >= 11 is 0. The molecule has 12 heteroatoms. The second-order valence-electron chi connectivity index (χ2n) is 9.70. The lowest BCUT2D eigenvalue weighted by Gasteiger charge is -2.17. The van der Waals surface area contributed by atoms with Crippen LogP contribution in [0.3, 0.4) is 0 Å². The van der Waals surface area contributed by atoms with E-state index in [0.29, 0.717) is 16.2 Å². The van der Waals surface area contributed by atoms with Crippen molar-refractivity contribution < 1.29 is 54.2 Å². The Morgan fingerprint density at radius 3 is 1.50 bits per heavy atom. The third-order valence-corrected chi connectivity index (χ3v) is 7.17. The van der Waals surface area contributed by atoms with E-state index in [9.17, 15) is 44.7 Å². The van der Waals surface area contributed by atoms with E-state index >= 15 is 0 Å². The van der Waals surface area contributed by atoms with Crippen LogP contribution in [0.1, 0.15) is 31.8 Å². The van der Waals surface area contributed by atoms with Crippen molar-refractivity contribution >= 4 is 44.3 Å². The minimum Gasteiger partial charge on any atom is -0.457 e. The Bertz CT molecular complexity index is 2090.